The zero-order valence-electron chi connectivity index (χ0n) is 8.20. The summed E-state index contributed by atoms with van der Waals surface area (Å²) in [5.41, 5.74) is -0.669. The van der Waals surface area contributed by atoms with E-state index in [4.69, 9.17) is 15.0 Å². The molecule has 1 aromatic heterocycles. The zero-order chi connectivity index (χ0) is 10.0. The first-order chi connectivity index (χ1) is 6.07. The SMILES string of the molecule is [2H]c1cn(CCC)c(=S)n([2H])c1=O. The lowest BCUT2D eigenvalue weighted by Gasteiger charge is -2.01. The van der Waals surface area contributed by atoms with E-state index < -0.39 is 5.56 Å². The molecule has 0 saturated carbocycles. The fourth-order valence-electron chi connectivity index (χ4n) is 0.773. The number of rotatable bonds is 2. The van der Waals surface area contributed by atoms with Crippen molar-refractivity contribution < 1.29 is 2.78 Å². The van der Waals surface area contributed by atoms with Gasteiger partial charge in [-0.25, -0.2) is 0 Å². The van der Waals surface area contributed by atoms with Gasteiger partial charge in [-0.1, -0.05) is 6.92 Å². The molecule has 60 valence electrons. The van der Waals surface area contributed by atoms with Gasteiger partial charge in [0.05, 0.1) is 1.37 Å². The lowest BCUT2D eigenvalue weighted by atomic mass is 10.5. The third-order valence-electron chi connectivity index (χ3n) is 1.25. The van der Waals surface area contributed by atoms with Crippen LogP contribution >= 0.6 is 12.2 Å². The lowest BCUT2D eigenvalue weighted by Crippen LogP contribution is -2.10. The van der Waals surface area contributed by atoms with Gasteiger partial charge in [0.15, 0.2) is 6.18 Å². The van der Waals surface area contributed by atoms with Crippen LogP contribution in [-0.2, 0) is 6.54 Å². The van der Waals surface area contributed by atoms with Crippen LogP contribution in [0.5, 0.6) is 0 Å². The molecule has 1 rings (SSSR count). The standard InChI is InChI=1S/C7H10N2OS/c1-2-4-9-5-3-6(10)8-7(9)11/h3,5H,2,4H2,1H3,(H,8,10,11)/i3D/hD. The maximum absolute atomic E-state index is 11.1. The fraction of sp³-hybridized carbons (Fsp3) is 0.429. The van der Waals surface area contributed by atoms with Crippen LogP contribution < -0.4 is 5.56 Å². The van der Waals surface area contributed by atoms with Crippen molar-refractivity contribution >= 4 is 12.2 Å². The van der Waals surface area contributed by atoms with Crippen molar-refractivity contribution in [2.45, 2.75) is 19.9 Å². The van der Waals surface area contributed by atoms with Gasteiger partial charge in [-0.15, -0.1) is 0 Å². The molecular weight excluding hydrogens is 160 g/mol. The van der Waals surface area contributed by atoms with E-state index in [1.54, 1.807) is 4.57 Å². The molecule has 0 bridgehead atoms. The van der Waals surface area contributed by atoms with Crippen LogP contribution in [-0.4, -0.2) is 9.54 Å². The average molecular weight is 172 g/mol. The van der Waals surface area contributed by atoms with E-state index in [9.17, 15) is 4.79 Å². The summed E-state index contributed by atoms with van der Waals surface area (Å²) in [4.78, 5) is 11.6. The third kappa shape index (κ3) is 2.01. The van der Waals surface area contributed by atoms with Crippen LogP contribution in [0.1, 0.15) is 14.7 Å². The smallest absolute Gasteiger partial charge is 0.251 e. The number of hydrogen-bond donors (Lipinski definition) is 1. The molecule has 1 aromatic rings. The van der Waals surface area contributed by atoms with E-state index in [1.807, 2.05) is 6.92 Å². The zero-order valence-corrected chi connectivity index (χ0v) is 7.02. The third-order valence-corrected chi connectivity index (χ3v) is 1.58. The van der Waals surface area contributed by atoms with Crippen molar-refractivity contribution in [1.29, 1.82) is 0 Å². The van der Waals surface area contributed by atoms with E-state index in [1.165, 1.54) is 6.20 Å². The van der Waals surface area contributed by atoms with Gasteiger partial charge in [-0.2, -0.15) is 0 Å². The highest BCUT2D eigenvalue weighted by Gasteiger charge is 1.89. The van der Waals surface area contributed by atoms with Crippen LogP contribution in [0.25, 0.3) is 0 Å². The van der Waals surface area contributed by atoms with Crippen molar-refractivity contribution in [1.82, 2.24) is 9.54 Å². The first kappa shape index (κ1) is 5.71. The molecule has 0 aliphatic heterocycles. The summed E-state index contributed by atoms with van der Waals surface area (Å²) in [7, 11) is 0. The van der Waals surface area contributed by atoms with E-state index >= 15 is 0 Å². The number of hydrogen-bond acceptors (Lipinski definition) is 2. The summed E-state index contributed by atoms with van der Waals surface area (Å²) in [6.07, 6.45) is 2.23. The number of aromatic amines is 1. The Hall–Kier alpha value is -0.900. The minimum atomic E-state index is -0.669. The van der Waals surface area contributed by atoms with Crippen LogP contribution in [0.15, 0.2) is 17.0 Å². The molecule has 0 aliphatic rings. The van der Waals surface area contributed by atoms with E-state index in [-0.39, 0.29) is 10.8 Å². The Morgan fingerprint density at radius 1 is 2.00 bits per heavy atom. The second-order valence-corrected chi connectivity index (χ2v) is 2.53. The molecule has 0 fully saturated rings. The highest BCUT2D eigenvalue weighted by molar-refractivity contribution is 7.71. The topological polar surface area (TPSA) is 37.8 Å². The fourth-order valence-corrected chi connectivity index (χ4v) is 1.000. The van der Waals surface area contributed by atoms with Crippen LogP contribution in [0.4, 0.5) is 0 Å². The predicted octanol–water partition coefficient (Wildman–Crippen LogP) is 1.32. The van der Waals surface area contributed by atoms with Gasteiger partial charge < -0.3 is 4.57 Å². The molecule has 0 saturated heterocycles. The molecule has 0 aromatic carbocycles. The van der Waals surface area contributed by atoms with Gasteiger partial charge in [0.2, 0.25) is 0 Å². The number of aryl methyl sites for hydroxylation is 1. The molecule has 3 nitrogen and oxygen atoms in total. The Morgan fingerprint density at radius 2 is 2.73 bits per heavy atom. The number of H-pyrrole nitrogens is 1. The highest BCUT2D eigenvalue weighted by Crippen LogP contribution is 1.88. The molecule has 0 atom stereocenters. The summed E-state index contributed by atoms with van der Waals surface area (Å²) < 4.78 is 16.2. The summed E-state index contributed by atoms with van der Waals surface area (Å²) >= 11 is 4.86. The largest absolute Gasteiger partial charge is 0.325 e. The Labute approximate surface area is 72.6 Å². The number of aromatic nitrogens is 2. The summed E-state index contributed by atoms with van der Waals surface area (Å²) in [5.74, 6) is 0. The second-order valence-electron chi connectivity index (χ2n) is 2.17. The monoisotopic (exact) mass is 172 g/mol. The van der Waals surface area contributed by atoms with Gasteiger partial charge >= 0.3 is 0 Å². The molecule has 1 N–H and O–H groups in total. The van der Waals surface area contributed by atoms with Crippen molar-refractivity contribution in [3.8, 4) is 0 Å². The summed E-state index contributed by atoms with van der Waals surface area (Å²) in [6.45, 7) is 2.59. The van der Waals surface area contributed by atoms with Crippen molar-refractivity contribution in [2.75, 3.05) is 0 Å². The quantitative estimate of drug-likeness (QED) is 0.683. The van der Waals surface area contributed by atoms with Crippen molar-refractivity contribution in [2.24, 2.45) is 0 Å². The van der Waals surface area contributed by atoms with Crippen LogP contribution in [0, 0.1) is 4.77 Å². The van der Waals surface area contributed by atoms with Crippen LogP contribution in [0.3, 0.4) is 0 Å². The molecule has 0 radical (unpaired) electrons. The van der Waals surface area contributed by atoms with Crippen molar-refractivity contribution in [3.63, 3.8) is 0 Å². The Morgan fingerprint density at radius 3 is 3.36 bits per heavy atom. The van der Waals surface area contributed by atoms with Crippen molar-refractivity contribution in [3.05, 3.63) is 27.4 Å². The maximum atomic E-state index is 11.1. The summed E-state index contributed by atoms with van der Waals surface area (Å²) in [6, 6.07) is -0.197. The van der Waals surface area contributed by atoms with E-state index in [2.05, 4.69) is 0 Å². The van der Waals surface area contributed by atoms with Gasteiger partial charge in [0, 0.05) is 18.8 Å². The average Bonchev–Trinajstić information content (AvgIpc) is 2.11. The molecule has 11 heavy (non-hydrogen) atoms. The maximum Gasteiger partial charge on any atom is 0.251 e. The van der Waals surface area contributed by atoms with Crippen LogP contribution in [0.2, 0.25) is 1.41 Å². The minimum absolute atomic E-state index is 0.142. The molecule has 0 amide bonds. The van der Waals surface area contributed by atoms with Gasteiger partial charge in [-0.3, -0.25) is 9.77 Å². The van der Waals surface area contributed by atoms with Gasteiger partial charge in [-0.05, 0) is 18.6 Å². The lowest BCUT2D eigenvalue weighted by molar-refractivity contribution is 0.648. The number of nitrogens with one attached hydrogen (secondary N) is 1. The number of nitrogens with zero attached hydrogens (tertiary/aromatic N) is 1. The normalized spacial score (nSPS) is 12.5. The van der Waals surface area contributed by atoms with Gasteiger partial charge in [0.1, 0.15) is 0 Å². The molecule has 4 heteroatoms. The van der Waals surface area contributed by atoms with E-state index in [0.29, 0.717) is 11.5 Å². The highest BCUT2D eigenvalue weighted by atomic mass is 32.1. The van der Waals surface area contributed by atoms with E-state index in [0.717, 1.165) is 6.42 Å². The first-order valence-corrected chi connectivity index (χ1v) is 3.81. The first-order valence-electron chi connectivity index (χ1n) is 4.35. The Balaban J connectivity index is 3.42. The molecular formula is C7H10N2OS. The molecule has 0 spiro atoms. The summed E-state index contributed by atoms with van der Waals surface area (Å²) in [5, 5.41) is 0. The second kappa shape index (κ2) is 3.48. The minimum Gasteiger partial charge on any atom is -0.325 e. The Bertz CT molecular complexity index is 423. The molecule has 0 unspecified atom stereocenters. The Kier molecular flexibility index (Phi) is 1.81. The molecule has 1 heterocycles. The van der Waals surface area contributed by atoms with Gasteiger partial charge in [0.25, 0.3) is 5.56 Å². The predicted molar refractivity (Wildman–Crippen MR) is 46.2 cm³/mol. The molecule has 0 aliphatic carbocycles.